The summed E-state index contributed by atoms with van der Waals surface area (Å²) in [6.07, 6.45) is 1.94. The number of hydrogen-bond acceptors (Lipinski definition) is 7. The van der Waals surface area contributed by atoms with Crippen LogP contribution in [0.5, 0.6) is 11.5 Å². The van der Waals surface area contributed by atoms with Crippen molar-refractivity contribution in [2.24, 2.45) is 4.99 Å². The summed E-state index contributed by atoms with van der Waals surface area (Å²) in [4.78, 5) is 17.4. The fourth-order valence-corrected chi connectivity index (χ4v) is 3.75. The fourth-order valence-electron chi connectivity index (χ4n) is 3.28. The molecule has 2 aromatic rings. The molecule has 1 N–H and O–H groups in total. The van der Waals surface area contributed by atoms with Gasteiger partial charge in [0.05, 0.1) is 18.8 Å². The fraction of sp³-hybridized carbons (Fsp3) is 0.333. The summed E-state index contributed by atoms with van der Waals surface area (Å²) in [6, 6.07) is 15.2. The molecule has 0 unspecified atom stereocenters. The van der Waals surface area contributed by atoms with Crippen LogP contribution < -0.4 is 14.8 Å². The molecule has 0 aliphatic carbocycles. The van der Waals surface area contributed by atoms with Gasteiger partial charge in [0.2, 0.25) is 0 Å². The summed E-state index contributed by atoms with van der Waals surface area (Å²) in [5, 5.41) is 3.93. The van der Waals surface area contributed by atoms with E-state index in [0.29, 0.717) is 36.9 Å². The summed E-state index contributed by atoms with van der Waals surface area (Å²) < 4.78 is 17.2. The van der Waals surface area contributed by atoms with Crippen LogP contribution >= 0.6 is 11.8 Å². The van der Waals surface area contributed by atoms with Crippen LogP contribution in [0.3, 0.4) is 0 Å². The number of hydrogen-bond donors (Lipinski definition) is 1. The lowest BCUT2D eigenvalue weighted by molar-refractivity contribution is -0.138. The second-order valence-corrected chi connectivity index (χ2v) is 7.63. The average Bonchev–Trinajstić information content (AvgIpc) is 2.78. The number of carbonyl (C=O) groups is 1. The molecule has 164 valence electrons. The normalized spacial score (nSPS) is 15.7. The molecule has 0 bridgehead atoms. The van der Waals surface area contributed by atoms with E-state index in [9.17, 15) is 4.79 Å². The van der Waals surface area contributed by atoms with Crippen molar-refractivity contribution in [3.05, 3.63) is 70.9 Å². The molecule has 1 aliphatic rings. The number of thioether (sulfide) groups is 1. The van der Waals surface area contributed by atoms with E-state index < -0.39 is 6.04 Å². The van der Waals surface area contributed by atoms with Crippen LogP contribution in [0.1, 0.15) is 37.9 Å². The molecule has 6 nitrogen and oxygen atoms in total. The first-order valence-electron chi connectivity index (χ1n) is 10.3. The number of nitrogens with zero attached hydrogens (tertiary/aromatic N) is 1. The monoisotopic (exact) mass is 440 g/mol. The molecule has 1 heterocycles. The molecule has 31 heavy (non-hydrogen) atoms. The van der Waals surface area contributed by atoms with Gasteiger partial charge in [-0.1, -0.05) is 48.2 Å². The standard InChI is InChI=1S/C24H28N2O4S/c1-5-28-20-14-18(12-13-19(20)30-15-17-10-8-7-9-11-17)22-21(23(27)29-6-2)16(3)25-24(26-22)31-4/h7-14,22H,5-6,15H2,1-4H3,(H,25,26)/t22-/m0/s1. The third-order valence-corrected chi connectivity index (χ3v) is 5.32. The zero-order valence-corrected chi connectivity index (χ0v) is 19.1. The molecule has 1 aliphatic heterocycles. The van der Waals surface area contributed by atoms with Crippen molar-refractivity contribution in [1.82, 2.24) is 5.32 Å². The Kier molecular flexibility index (Phi) is 8.00. The quantitative estimate of drug-likeness (QED) is 0.591. The maximum atomic E-state index is 12.7. The van der Waals surface area contributed by atoms with Crippen molar-refractivity contribution < 1.29 is 19.0 Å². The largest absolute Gasteiger partial charge is 0.490 e. The van der Waals surface area contributed by atoms with Gasteiger partial charge in [-0.2, -0.15) is 0 Å². The maximum absolute atomic E-state index is 12.7. The molecule has 7 heteroatoms. The topological polar surface area (TPSA) is 69.2 Å². The summed E-state index contributed by atoms with van der Waals surface area (Å²) in [7, 11) is 0. The lowest BCUT2D eigenvalue weighted by atomic mass is 9.96. The predicted octanol–water partition coefficient (Wildman–Crippen LogP) is 4.86. The highest BCUT2D eigenvalue weighted by Crippen LogP contribution is 2.37. The zero-order chi connectivity index (χ0) is 22.2. The third kappa shape index (κ3) is 5.61. The van der Waals surface area contributed by atoms with Crippen LogP contribution in [0, 0.1) is 0 Å². The number of rotatable bonds is 8. The Hall–Kier alpha value is -2.93. The summed E-state index contributed by atoms with van der Waals surface area (Å²) in [5.41, 5.74) is 3.15. The van der Waals surface area contributed by atoms with Gasteiger partial charge in [0.25, 0.3) is 0 Å². The molecule has 3 rings (SSSR count). The van der Waals surface area contributed by atoms with Crippen LogP contribution in [-0.2, 0) is 16.1 Å². The molecule has 0 fully saturated rings. The SMILES string of the molecule is CCOC(=O)C1=C(C)NC(SC)=N[C@H]1c1ccc(OCc2ccccc2)c(OCC)c1. The molecule has 0 aromatic heterocycles. The van der Waals surface area contributed by atoms with Crippen molar-refractivity contribution >= 4 is 22.9 Å². The molecule has 0 spiro atoms. The highest BCUT2D eigenvalue weighted by molar-refractivity contribution is 8.13. The van der Waals surface area contributed by atoms with Gasteiger partial charge in [-0.05, 0) is 50.3 Å². The second kappa shape index (κ2) is 10.9. The minimum atomic E-state index is -0.481. The minimum absolute atomic E-state index is 0.303. The van der Waals surface area contributed by atoms with E-state index in [0.717, 1.165) is 22.0 Å². The van der Waals surface area contributed by atoms with Crippen molar-refractivity contribution in [3.8, 4) is 11.5 Å². The van der Waals surface area contributed by atoms with E-state index in [1.165, 1.54) is 11.8 Å². The highest BCUT2D eigenvalue weighted by atomic mass is 32.2. The summed E-state index contributed by atoms with van der Waals surface area (Å²) in [5.74, 6) is 0.899. The highest BCUT2D eigenvalue weighted by Gasteiger charge is 2.30. The first kappa shape index (κ1) is 22.7. The van der Waals surface area contributed by atoms with Gasteiger partial charge in [0.1, 0.15) is 12.6 Å². The van der Waals surface area contributed by atoms with Gasteiger partial charge < -0.3 is 19.5 Å². The number of carbonyl (C=O) groups excluding carboxylic acids is 1. The van der Waals surface area contributed by atoms with Crippen molar-refractivity contribution in [3.63, 3.8) is 0 Å². The molecule has 1 atom stereocenters. The van der Waals surface area contributed by atoms with E-state index >= 15 is 0 Å². The van der Waals surface area contributed by atoms with Crippen LogP contribution in [-0.4, -0.2) is 30.6 Å². The number of esters is 1. The van der Waals surface area contributed by atoms with Crippen LogP contribution in [0.15, 0.2) is 64.8 Å². The van der Waals surface area contributed by atoms with Crippen LogP contribution in [0.2, 0.25) is 0 Å². The molecule has 0 amide bonds. The minimum Gasteiger partial charge on any atom is -0.490 e. The van der Waals surface area contributed by atoms with Crippen LogP contribution in [0.4, 0.5) is 0 Å². The maximum Gasteiger partial charge on any atom is 0.338 e. The van der Waals surface area contributed by atoms with Gasteiger partial charge in [-0.25, -0.2) is 9.79 Å². The smallest absolute Gasteiger partial charge is 0.338 e. The molecular formula is C24H28N2O4S. The Bertz CT molecular complexity index is 973. The number of amidine groups is 1. The number of allylic oxidation sites excluding steroid dienone is 1. The lowest BCUT2D eigenvalue weighted by Crippen LogP contribution is -2.30. The van der Waals surface area contributed by atoms with E-state index in [1.54, 1.807) is 6.92 Å². The van der Waals surface area contributed by atoms with Crippen molar-refractivity contribution in [1.29, 1.82) is 0 Å². The Morgan fingerprint density at radius 1 is 1.06 bits per heavy atom. The number of nitrogens with one attached hydrogen (secondary N) is 1. The van der Waals surface area contributed by atoms with Crippen molar-refractivity contribution in [2.45, 2.75) is 33.4 Å². The molecular weight excluding hydrogens is 412 g/mol. The lowest BCUT2D eigenvalue weighted by Gasteiger charge is -2.26. The number of benzene rings is 2. The van der Waals surface area contributed by atoms with E-state index in [-0.39, 0.29) is 5.97 Å². The van der Waals surface area contributed by atoms with E-state index in [2.05, 4.69) is 5.32 Å². The van der Waals surface area contributed by atoms with Gasteiger partial charge in [0, 0.05) is 5.70 Å². The Balaban J connectivity index is 1.93. The van der Waals surface area contributed by atoms with Gasteiger partial charge in [-0.15, -0.1) is 0 Å². The molecule has 0 saturated heterocycles. The predicted molar refractivity (Wildman–Crippen MR) is 125 cm³/mol. The van der Waals surface area contributed by atoms with Crippen molar-refractivity contribution in [2.75, 3.05) is 19.5 Å². The van der Waals surface area contributed by atoms with Gasteiger partial charge in [0.15, 0.2) is 16.7 Å². The number of ether oxygens (including phenoxy) is 3. The Morgan fingerprint density at radius 3 is 2.52 bits per heavy atom. The molecule has 2 aromatic carbocycles. The van der Waals surface area contributed by atoms with E-state index in [4.69, 9.17) is 19.2 Å². The first-order chi connectivity index (χ1) is 15.1. The summed E-state index contributed by atoms with van der Waals surface area (Å²) >= 11 is 1.50. The summed E-state index contributed by atoms with van der Waals surface area (Å²) in [6.45, 7) is 6.83. The molecule has 0 saturated carbocycles. The zero-order valence-electron chi connectivity index (χ0n) is 18.3. The number of aliphatic imine (C=N–C) groups is 1. The average molecular weight is 441 g/mol. The second-order valence-electron chi connectivity index (χ2n) is 6.84. The van der Waals surface area contributed by atoms with E-state index in [1.807, 2.05) is 68.6 Å². The first-order valence-corrected chi connectivity index (χ1v) is 11.5. The van der Waals surface area contributed by atoms with Gasteiger partial charge >= 0.3 is 5.97 Å². The Labute approximate surface area is 187 Å². The molecule has 0 radical (unpaired) electrons. The Morgan fingerprint density at radius 2 is 1.84 bits per heavy atom. The third-order valence-electron chi connectivity index (χ3n) is 4.73. The van der Waals surface area contributed by atoms with Gasteiger partial charge in [-0.3, -0.25) is 0 Å². The van der Waals surface area contributed by atoms with Crippen LogP contribution in [0.25, 0.3) is 0 Å².